The van der Waals surface area contributed by atoms with Gasteiger partial charge >= 0.3 is 0 Å². The Bertz CT molecular complexity index is 1040. The summed E-state index contributed by atoms with van der Waals surface area (Å²) in [6.45, 7) is 13.4. The minimum absolute atomic E-state index is 0.0781. The lowest BCUT2D eigenvalue weighted by molar-refractivity contribution is 0.0738. The number of rotatable bonds is 6. The predicted molar refractivity (Wildman–Crippen MR) is 134 cm³/mol. The highest BCUT2D eigenvalue weighted by molar-refractivity contribution is 6.09. The molecule has 5 nitrogen and oxygen atoms in total. The highest BCUT2D eigenvalue weighted by atomic mass is 16.5. The van der Waals surface area contributed by atoms with Crippen LogP contribution in [0.2, 0.25) is 0 Å². The van der Waals surface area contributed by atoms with Gasteiger partial charge in [-0.05, 0) is 74.9 Å². The summed E-state index contributed by atoms with van der Waals surface area (Å²) in [4.78, 5) is 16.4. The summed E-state index contributed by atoms with van der Waals surface area (Å²) in [7, 11) is 1.73. The summed E-state index contributed by atoms with van der Waals surface area (Å²) in [5.74, 6) is 1.63. The molecule has 2 aromatic rings. The first-order valence-electron chi connectivity index (χ1n) is 13.0. The third kappa shape index (κ3) is 3.67. The van der Waals surface area contributed by atoms with Crippen LogP contribution in [0.5, 0.6) is 5.75 Å². The van der Waals surface area contributed by atoms with Crippen molar-refractivity contribution in [3.63, 3.8) is 0 Å². The third-order valence-corrected chi connectivity index (χ3v) is 9.39. The van der Waals surface area contributed by atoms with Gasteiger partial charge in [0.15, 0.2) is 0 Å². The van der Waals surface area contributed by atoms with E-state index in [0.29, 0.717) is 5.92 Å². The van der Waals surface area contributed by atoms with Crippen molar-refractivity contribution in [3.05, 3.63) is 29.5 Å². The van der Waals surface area contributed by atoms with Gasteiger partial charge in [0.1, 0.15) is 5.75 Å². The molecule has 33 heavy (non-hydrogen) atoms. The molecular formula is C28H41N3O2. The number of fused-ring (bicyclic) bond motifs is 3. The Morgan fingerprint density at radius 2 is 1.91 bits per heavy atom. The van der Waals surface area contributed by atoms with Crippen LogP contribution in [0.25, 0.3) is 10.9 Å². The number of carbonyl (C=O) groups is 1. The summed E-state index contributed by atoms with van der Waals surface area (Å²) in [6.07, 6.45) is 7.67. The Hall–Kier alpha value is -2.01. The average molecular weight is 452 g/mol. The molecule has 3 atom stereocenters. The van der Waals surface area contributed by atoms with Gasteiger partial charge in [-0.3, -0.25) is 4.79 Å². The Kier molecular flexibility index (Phi) is 5.75. The molecule has 2 aliphatic carbocycles. The number of aromatic nitrogens is 1. The van der Waals surface area contributed by atoms with E-state index in [2.05, 4.69) is 48.5 Å². The lowest BCUT2D eigenvalue weighted by atomic mass is 9.68. The van der Waals surface area contributed by atoms with E-state index in [9.17, 15) is 4.79 Å². The minimum atomic E-state index is 0.0781. The molecule has 5 heteroatoms. The Morgan fingerprint density at radius 1 is 1.15 bits per heavy atom. The summed E-state index contributed by atoms with van der Waals surface area (Å²) in [6, 6.07) is 6.33. The lowest BCUT2D eigenvalue weighted by Gasteiger charge is -2.43. The molecule has 1 aliphatic heterocycles. The predicted octanol–water partition coefficient (Wildman–Crippen LogP) is 5.39. The van der Waals surface area contributed by atoms with E-state index in [1.807, 2.05) is 12.1 Å². The molecule has 0 unspecified atom stereocenters. The first kappa shape index (κ1) is 22.8. The zero-order valence-corrected chi connectivity index (χ0v) is 21.2. The van der Waals surface area contributed by atoms with Crippen LogP contribution in [0.4, 0.5) is 0 Å². The van der Waals surface area contributed by atoms with Crippen LogP contribution in [-0.4, -0.2) is 48.2 Å². The molecule has 180 valence electrons. The molecule has 2 bridgehead atoms. The van der Waals surface area contributed by atoms with Gasteiger partial charge in [0.05, 0.1) is 18.2 Å². The maximum absolute atomic E-state index is 13.9. The Balaban J connectivity index is 1.49. The number of nitrogens with one attached hydrogen (secondary N) is 1. The second-order valence-electron chi connectivity index (χ2n) is 11.7. The number of ether oxygens (including phenoxy) is 1. The van der Waals surface area contributed by atoms with E-state index in [-0.39, 0.29) is 22.8 Å². The van der Waals surface area contributed by atoms with Gasteiger partial charge in [0.2, 0.25) is 0 Å². The fourth-order valence-electron chi connectivity index (χ4n) is 7.52. The zero-order chi connectivity index (χ0) is 23.4. The van der Waals surface area contributed by atoms with Crippen molar-refractivity contribution in [2.45, 2.75) is 78.8 Å². The van der Waals surface area contributed by atoms with Gasteiger partial charge in [-0.1, -0.05) is 39.3 Å². The van der Waals surface area contributed by atoms with Crippen molar-refractivity contribution in [2.75, 3.05) is 26.7 Å². The number of nitrogens with zero attached hydrogens (tertiary/aromatic N) is 2. The average Bonchev–Trinajstić information content (AvgIpc) is 3.39. The summed E-state index contributed by atoms with van der Waals surface area (Å²) < 4.78 is 8.09. The maximum atomic E-state index is 13.9. The number of piperidine rings is 1. The normalized spacial score (nSPS) is 29.0. The molecule has 0 spiro atoms. The molecule has 5 rings (SSSR count). The van der Waals surface area contributed by atoms with Crippen molar-refractivity contribution >= 4 is 16.8 Å². The van der Waals surface area contributed by atoms with Crippen LogP contribution in [0.1, 0.15) is 75.3 Å². The van der Waals surface area contributed by atoms with Gasteiger partial charge in [0.25, 0.3) is 5.91 Å². The van der Waals surface area contributed by atoms with Crippen molar-refractivity contribution in [2.24, 2.45) is 16.7 Å². The standard InChI is InChI=1S/C28H41N3O2/c1-19-23(25(32)29-26-27(2,3)20-12-13-28(26,4)18-20)21-10-9-11-22(33-5)24(21)31(19)17-16-30-14-7-6-8-15-30/h9-11,20,26H,6-8,12-18H2,1-5H3,(H,29,32)/t20-,26-,28+/m1/s1. The van der Waals surface area contributed by atoms with Crippen LogP contribution in [0, 0.1) is 23.7 Å². The van der Waals surface area contributed by atoms with E-state index in [4.69, 9.17) is 4.74 Å². The quantitative estimate of drug-likeness (QED) is 0.641. The second kappa shape index (κ2) is 8.33. The lowest BCUT2D eigenvalue weighted by Crippen LogP contribution is -2.52. The van der Waals surface area contributed by atoms with Crippen LogP contribution < -0.4 is 10.1 Å². The fraction of sp³-hybridized carbons (Fsp3) is 0.679. The van der Waals surface area contributed by atoms with E-state index in [1.54, 1.807) is 7.11 Å². The van der Waals surface area contributed by atoms with E-state index in [0.717, 1.165) is 41.0 Å². The SMILES string of the molecule is COc1cccc2c(C(=O)N[C@@H]3C(C)(C)[C@@H]4CC[C@@]3(C)C4)c(C)n(CCN3CCCCC3)c12. The zero-order valence-electron chi connectivity index (χ0n) is 21.2. The number of hydrogen-bond donors (Lipinski definition) is 1. The van der Waals surface area contributed by atoms with Gasteiger partial charge in [-0.25, -0.2) is 0 Å². The molecule has 0 radical (unpaired) electrons. The number of benzene rings is 1. The largest absolute Gasteiger partial charge is 0.495 e. The van der Waals surface area contributed by atoms with Gasteiger partial charge in [-0.2, -0.15) is 0 Å². The number of hydrogen-bond acceptors (Lipinski definition) is 3. The molecule has 1 aromatic heterocycles. The topological polar surface area (TPSA) is 46.5 Å². The first-order valence-corrected chi connectivity index (χ1v) is 13.0. The number of methoxy groups -OCH3 is 1. The van der Waals surface area contributed by atoms with Crippen molar-refractivity contribution in [1.82, 2.24) is 14.8 Å². The molecule has 3 aliphatic rings. The fourth-order valence-corrected chi connectivity index (χ4v) is 7.52. The molecule has 2 heterocycles. The van der Waals surface area contributed by atoms with E-state index < -0.39 is 0 Å². The first-order chi connectivity index (χ1) is 15.8. The highest BCUT2D eigenvalue weighted by Gasteiger charge is 2.59. The summed E-state index contributed by atoms with van der Waals surface area (Å²) >= 11 is 0. The minimum Gasteiger partial charge on any atom is -0.495 e. The molecule has 1 saturated heterocycles. The second-order valence-corrected chi connectivity index (χ2v) is 11.7. The van der Waals surface area contributed by atoms with Crippen LogP contribution in [0.3, 0.4) is 0 Å². The number of amides is 1. The monoisotopic (exact) mass is 451 g/mol. The Labute approximate surface area is 198 Å². The molecular weight excluding hydrogens is 410 g/mol. The van der Waals surface area contributed by atoms with Gasteiger partial charge in [-0.15, -0.1) is 0 Å². The molecule has 1 amide bonds. The van der Waals surface area contributed by atoms with Gasteiger partial charge < -0.3 is 19.5 Å². The Morgan fingerprint density at radius 3 is 2.58 bits per heavy atom. The smallest absolute Gasteiger partial charge is 0.253 e. The molecule has 2 saturated carbocycles. The number of para-hydroxylation sites is 1. The van der Waals surface area contributed by atoms with Crippen LogP contribution in [0.15, 0.2) is 18.2 Å². The van der Waals surface area contributed by atoms with Crippen molar-refractivity contribution in [3.8, 4) is 5.75 Å². The summed E-state index contributed by atoms with van der Waals surface area (Å²) in [5, 5.41) is 4.55. The van der Waals surface area contributed by atoms with Crippen LogP contribution in [-0.2, 0) is 6.54 Å². The van der Waals surface area contributed by atoms with E-state index >= 15 is 0 Å². The van der Waals surface area contributed by atoms with Crippen molar-refractivity contribution in [1.29, 1.82) is 0 Å². The van der Waals surface area contributed by atoms with Crippen LogP contribution >= 0.6 is 0 Å². The highest BCUT2D eigenvalue weighted by Crippen LogP contribution is 2.62. The number of carbonyl (C=O) groups excluding carboxylic acids is 1. The third-order valence-electron chi connectivity index (χ3n) is 9.39. The maximum Gasteiger partial charge on any atom is 0.253 e. The summed E-state index contributed by atoms with van der Waals surface area (Å²) in [5.41, 5.74) is 3.28. The molecule has 1 N–H and O–H groups in total. The van der Waals surface area contributed by atoms with Gasteiger partial charge in [0, 0.05) is 30.2 Å². The van der Waals surface area contributed by atoms with Crippen molar-refractivity contribution < 1.29 is 9.53 Å². The molecule has 1 aromatic carbocycles. The van der Waals surface area contributed by atoms with E-state index in [1.165, 1.54) is 51.6 Å². The molecule has 3 fully saturated rings. The number of likely N-dealkylation sites (tertiary alicyclic amines) is 1.